The third-order valence-corrected chi connectivity index (χ3v) is 4.43. The van der Waals surface area contributed by atoms with E-state index >= 15 is 0 Å². The lowest BCUT2D eigenvalue weighted by molar-refractivity contribution is 0.0646. The van der Waals surface area contributed by atoms with Gasteiger partial charge in [-0.1, -0.05) is 18.2 Å². The number of aromatic nitrogens is 1. The van der Waals surface area contributed by atoms with Crippen LogP contribution in [-0.4, -0.2) is 27.9 Å². The molecule has 3 aromatic rings. The number of rotatable bonds is 4. The number of para-hydroxylation sites is 1. The zero-order chi connectivity index (χ0) is 18.8. The molecular formula is C22H23FN2O. The summed E-state index contributed by atoms with van der Waals surface area (Å²) in [5.74, 6) is -0.311. The average Bonchev–Trinajstić information content (AvgIpc) is 2.60. The Kier molecular flexibility index (Phi) is 5.03. The predicted octanol–water partition coefficient (Wildman–Crippen LogP) is 5.30. The number of amides is 1. The highest BCUT2D eigenvalue weighted by Crippen LogP contribution is 2.27. The zero-order valence-electron chi connectivity index (χ0n) is 15.5. The van der Waals surface area contributed by atoms with Crippen molar-refractivity contribution in [2.24, 2.45) is 0 Å². The minimum Gasteiger partial charge on any atom is -0.334 e. The lowest BCUT2D eigenvalue weighted by Crippen LogP contribution is -2.42. The van der Waals surface area contributed by atoms with Crippen molar-refractivity contribution < 1.29 is 9.18 Å². The van der Waals surface area contributed by atoms with Crippen molar-refractivity contribution in [3.63, 3.8) is 0 Å². The SMILES string of the molecule is CC(C)N(C(=O)c1cc(-c2ccc(F)cc2)nc2ccccc12)C(C)C. The van der Waals surface area contributed by atoms with Gasteiger partial charge in [-0.2, -0.15) is 0 Å². The second-order valence-corrected chi connectivity index (χ2v) is 6.98. The van der Waals surface area contributed by atoms with E-state index in [4.69, 9.17) is 0 Å². The zero-order valence-corrected chi connectivity index (χ0v) is 15.5. The third-order valence-electron chi connectivity index (χ3n) is 4.43. The van der Waals surface area contributed by atoms with Gasteiger partial charge in [0.25, 0.3) is 5.91 Å². The lowest BCUT2D eigenvalue weighted by atomic mass is 10.0. The number of nitrogens with zero attached hydrogens (tertiary/aromatic N) is 2. The van der Waals surface area contributed by atoms with Gasteiger partial charge in [0.15, 0.2) is 0 Å². The maximum atomic E-state index is 13.3. The fourth-order valence-corrected chi connectivity index (χ4v) is 3.33. The molecule has 3 rings (SSSR count). The van der Waals surface area contributed by atoms with Crippen molar-refractivity contribution in [3.05, 3.63) is 66.0 Å². The Hall–Kier alpha value is -2.75. The molecular weight excluding hydrogens is 327 g/mol. The van der Waals surface area contributed by atoms with Crippen LogP contribution >= 0.6 is 0 Å². The number of carbonyl (C=O) groups excluding carboxylic acids is 1. The Morgan fingerprint density at radius 1 is 0.962 bits per heavy atom. The Morgan fingerprint density at radius 2 is 1.58 bits per heavy atom. The van der Waals surface area contributed by atoms with E-state index in [0.717, 1.165) is 16.5 Å². The number of carbonyl (C=O) groups is 1. The van der Waals surface area contributed by atoms with Gasteiger partial charge in [-0.15, -0.1) is 0 Å². The van der Waals surface area contributed by atoms with Gasteiger partial charge >= 0.3 is 0 Å². The van der Waals surface area contributed by atoms with Gasteiger partial charge in [-0.05, 0) is 64.1 Å². The number of fused-ring (bicyclic) bond motifs is 1. The summed E-state index contributed by atoms with van der Waals surface area (Å²) in [6, 6.07) is 15.8. The molecule has 0 saturated heterocycles. The quantitative estimate of drug-likeness (QED) is 0.640. The van der Waals surface area contributed by atoms with Crippen molar-refractivity contribution in [3.8, 4) is 11.3 Å². The highest BCUT2D eigenvalue weighted by molar-refractivity contribution is 6.07. The molecule has 0 aliphatic rings. The van der Waals surface area contributed by atoms with E-state index in [1.54, 1.807) is 12.1 Å². The van der Waals surface area contributed by atoms with E-state index < -0.39 is 0 Å². The van der Waals surface area contributed by atoms with Crippen LogP contribution < -0.4 is 0 Å². The molecule has 1 heterocycles. The van der Waals surface area contributed by atoms with Crippen LogP contribution in [0.1, 0.15) is 38.1 Å². The van der Waals surface area contributed by atoms with Crippen molar-refractivity contribution in [2.45, 2.75) is 39.8 Å². The summed E-state index contributed by atoms with van der Waals surface area (Å²) < 4.78 is 13.3. The van der Waals surface area contributed by atoms with Crippen LogP contribution in [0.25, 0.3) is 22.2 Å². The Labute approximate surface area is 153 Å². The van der Waals surface area contributed by atoms with Gasteiger partial charge in [0.2, 0.25) is 0 Å². The van der Waals surface area contributed by atoms with Gasteiger partial charge < -0.3 is 4.90 Å². The summed E-state index contributed by atoms with van der Waals surface area (Å²) in [4.78, 5) is 19.9. The molecule has 0 aliphatic heterocycles. The van der Waals surface area contributed by atoms with Crippen LogP contribution in [0.15, 0.2) is 54.6 Å². The number of hydrogen-bond donors (Lipinski definition) is 0. The molecule has 0 unspecified atom stereocenters. The van der Waals surface area contributed by atoms with Crippen molar-refractivity contribution >= 4 is 16.8 Å². The molecule has 0 aliphatic carbocycles. The maximum Gasteiger partial charge on any atom is 0.255 e. The first-order valence-corrected chi connectivity index (χ1v) is 8.87. The topological polar surface area (TPSA) is 33.2 Å². The summed E-state index contributed by atoms with van der Waals surface area (Å²) in [6.45, 7) is 8.06. The van der Waals surface area contributed by atoms with Gasteiger partial charge in [0.1, 0.15) is 5.82 Å². The maximum absolute atomic E-state index is 13.3. The molecule has 0 spiro atoms. The van der Waals surface area contributed by atoms with E-state index in [9.17, 15) is 9.18 Å². The van der Waals surface area contributed by atoms with Crippen LogP contribution in [0.4, 0.5) is 4.39 Å². The second-order valence-electron chi connectivity index (χ2n) is 6.98. The Morgan fingerprint density at radius 3 is 2.19 bits per heavy atom. The number of pyridine rings is 1. The van der Waals surface area contributed by atoms with E-state index in [-0.39, 0.29) is 23.8 Å². The van der Waals surface area contributed by atoms with E-state index in [1.165, 1.54) is 12.1 Å². The highest BCUT2D eigenvalue weighted by Gasteiger charge is 2.24. The molecule has 0 bridgehead atoms. The number of halogens is 1. The normalized spacial score (nSPS) is 11.3. The van der Waals surface area contributed by atoms with Crippen LogP contribution in [-0.2, 0) is 0 Å². The summed E-state index contributed by atoms with van der Waals surface area (Å²) >= 11 is 0. The van der Waals surface area contributed by atoms with Crippen molar-refractivity contribution in [1.29, 1.82) is 0 Å². The molecule has 4 heteroatoms. The first-order valence-electron chi connectivity index (χ1n) is 8.87. The molecule has 3 nitrogen and oxygen atoms in total. The van der Waals surface area contributed by atoms with Crippen LogP contribution in [0.3, 0.4) is 0 Å². The summed E-state index contributed by atoms with van der Waals surface area (Å²) in [7, 11) is 0. The average molecular weight is 350 g/mol. The minimum atomic E-state index is -0.295. The van der Waals surface area contributed by atoms with Gasteiger partial charge in [0, 0.05) is 23.0 Å². The van der Waals surface area contributed by atoms with Gasteiger partial charge in [-0.3, -0.25) is 4.79 Å². The molecule has 134 valence electrons. The van der Waals surface area contributed by atoms with Crippen LogP contribution in [0, 0.1) is 5.82 Å². The van der Waals surface area contributed by atoms with Gasteiger partial charge in [-0.25, -0.2) is 9.37 Å². The Bertz CT molecular complexity index is 925. The Balaban J connectivity index is 2.20. The molecule has 2 aromatic carbocycles. The monoisotopic (exact) mass is 350 g/mol. The first-order chi connectivity index (χ1) is 12.4. The molecule has 0 radical (unpaired) electrons. The molecule has 1 amide bonds. The van der Waals surface area contributed by atoms with Gasteiger partial charge in [0.05, 0.1) is 16.8 Å². The van der Waals surface area contributed by atoms with Crippen molar-refractivity contribution in [1.82, 2.24) is 9.88 Å². The summed E-state index contributed by atoms with van der Waals surface area (Å²) in [5.41, 5.74) is 2.83. The van der Waals surface area contributed by atoms with Crippen LogP contribution in [0.5, 0.6) is 0 Å². The number of benzene rings is 2. The molecule has 26 heavy (non-hydrogen) atoms. The van der Waals surface area contributed by atoms with Crippen molar-refractivity contribution in [2.75, 3.05) is 0 Å². The summed E-state index contributed by atoms with van der Waals surface area (Å²) in [5, 5.41) is 0.828. The molecule has 0 fully saturated rings. The third kappa shape index (κ3) is 3.45. The van der Waals surface area contributed by atoms with E-state index in [0.29, 0.717) is 11.3 Å². The molecule has 0 N–H and O–H groups in total. The highest BCUT2D eigenvalue weighted by atomic mass is 19.1. The van der Waals surface area contributed by atoms with E-state index in [2.05, 4.69) is 4.98 Å². The standard InChI is InChI=1S/C22H23FN2O/c1-14(2)25(15(3)4)22(26)19-13-21(16-9-11-17(23)12-10-16)24-20-8-6-5-7-18(19)20/h5-15H,1-4H3. The molecule has 0 atom stereocenters. The molecule has 0 saturated carbocycles. The predicted molar refractivity (Wildman–Crippen MR) is 104 cm³/mol. The second kappa shape index (κ2) is 7.24. The van der Waals surface area contributed by atoms with Crippen LogP contribution in [0.2, 0.25) is 0 Å². The fraction of sp³-hybridized carbons (Fsp3) is 0.273. The number of hydrogen-bond acceptors (Lipinski definition) is 2. The summed E-state index contributed by atoms with van der Waals surface area (Å²) in [6.07, 6.45) is 0. The molecule has 1 aromatic heterocycles. The lowest BCUT2D eigenvalue weighted by Gasteiger charge is -2.31. The van der Waals surface area contributed by atoms with E-state index in [1.807, 2.05) is 62.9 Å². The minimum absolute atomic E-state index is 0.0167. The first kappa shape index (κ1) is 18.1. The largest absolute Gasteiger partial charge is 0.334 e. The fourth-order valence-electron chi connectivity index (χ4n) is 3.33. The smallest absolute Gasteiger partial charge is 0.255 e.